The van der Waals surface area contributed by atoms with Crippen LogP contribution in [-0.2, 0) is 26.5 Å². The Balaban J connectivity index is 0.00000264. The van der Waals surface area contributed by atoms with E-state index in [0.29, 0.717) is 5.56 Å². The van der Waals surface area contributed by atoms with Crippen molar-refractivity contribution in [3.05, 3.63) is 98.0 Å². The molecule has 0 bridgehead atoms. The second-order valence-corrected chi connectivity index (χ2v) is 10.5. The van der Waals surface area contributed by atoms with Crippen LogP contribution in [0, 0.1) is 19.4 Å². The Morgan fingerprint density at radius 1 is 0.917 bits per heavy atom. The smallest absolute Gasteiger partial charge is 0.212 e. The number of pyridine rings is 1. The van der Waals surface area contributed by atoms with Crippen molar-refractivity contribution in [3.8, 4) is 11.3 Å². The minimum atomic E-state index is -1.51. The standard InChI is InChI=1S/C32H27N2O.Ir/c1-19-13-16-26-29(27(19)25-15-14-20(18-33(25)5)17-32(2,3)4)28-23-11-8-10-22-21-9-6-7-12-24(21)34(30(22)23)31(28)35-26;/h6-16,18H,1,5,17H2,2-4H3;/q-1;/i17D2;. The van der Waals surface area contributed by atoms with Crippen LogP contribution >= 0.6 is 0 Å². The van der Waals surface area contributed by atoms with E-state index in [-0.39, 0.29) is 20.1 Å². The molecule has 0 atom stereocenters. The summed E-state index contributed by atoms with van der Waals surface area (Å²) in [5.41, 5.74) is 6.63. The van der Waals surface area contributed by atoms with Crippen LogP contribution in [0.15, 0.2) is 77.3 Å². The van der Waals surface area contributed by atoms with E-state index in [2.05, 4.69) is 60.8 Å². The number of nitrogens with zero attached hydrogens (tertiary/aromatic N) is 2. The van der Waals surface area contributed by atoms with Crippen molar-refractivity contribution < 1.29 is 31.8 Å². The Hall–Kier alpha value is -3.46. The van der Waals surface area contributed by atoms with Crippen molar-refractivity contribution >= 4 is 49.3 Å². The van der Waals surface area contributed by atoms with E-state index < -0.39 is 11.8 Å². The van der Waals surface area contributed by atoms with Gasteiger partial charge in [0.15, 0.2) is 0 Å². The summed E-state index contributed by atoms with van der Waals surface area (Å²) in [4.78, 5) is 0. The maximum Gasteiger partial charge on any atom is 0.212 e. The number of fused-ring (bicyclic) bond motifs is 8. The molecule has 0 spiro atoms. The fourth-order valence-electron chi connectivity index (χ4n) is 5.63. The summed E-state index contributed by atoms with van der Waals surface area (Å²) in [6.45, 7) is 10.1. The molecule has 0 unspecified atom stereocenters. The molecule has 0 amide bonds. The number of hydrogen-bond donors (Lipinski definition) is 0. The van der Waals surface area contributed by atoms with Gasteiger partial charge in [0.25, 0.3) is 0 Å². The minimum Gasteiger partial charge on any atom is -0.441 e. The number of aromatic nitrogens is 2. The predicted molar refractivity (Wildman–Crippen MR) is 145 cm³/mol. The van der Waals surface area contributed by atoms with Crippen molar-refractivity contribution in [1.82, 2.24) is 4.40 Å². The molecule has 4 heteroatoms. The van der Waals surface area contributed by atoms with Crippen LogP contribution in [-0.4, -0.2) is 4.40 Å². The molecule has 181 valence electrons. The molecule has 3 nitrogen and oxygen atoms in total. The van der Waals surface area contributed by atoms with Gasteiger partial charge < -0.3 is 8.98 Å². The van der Waals surface area contributed by atoms with Gasteiger partial charge >= 0.3 is 0 Å². The average molecular weight is 650 g/mol. The first kappa shape index (κ1) is 20.7. The molecular formula is C32H27IrN2O-. The topological polar surface area (TPSA) is 21.4 Å². The van der Waals surface area contributed by atoms with Gasteiger partial charge in [0.2, 0.25) is 5.71 Å². The molecule has 7 rings (SSSR count). The zero-order chi connectivity index (χ0) is 25.9. The third kappa shape index (κ3) is 3.11. The molecule has 0 saturated carbocycles. The normalized spacial score (nSPS) is 13.6. The van der Waals surface area contributed by atoms with Crippen molar-refractivity contribution in [3.63, 3.8) is 0 Å². The Bertz CT molecular complexity index is 2030. The number of benzene rings is 3. The number of furan rings is 1. The zero-order valence-corrected chi connectivity index (χ0v) is 22.9. The van der Waals surface area contributed by atoms with E-state index in [4.69, 9.17) is 7.16 Å². The first-order chi connectivity index (χ1) is 17.6. The third-order valence-electron chi connectivity index (χ3n) is 6.89. The van der Waals surface area contributed by atoms with E-state index in [1.165, 1.54) is 10.8 Å². The summed E-state index contributed by atoms with van der Waals surface area (Å²) in [5, 5.41) is 5.64. The molecule has 1 radical (unpaired) electrons. The summed E-state index contributed by atoms with van der Waals surface area (Å²) in [7, 11) is 4.27. The second-order valence-electron chi connectivity index (χ2n) is 10.5. The van der Waals surface area contributed by atoms with Gasteiger partial charge in [-0.15, -0.1) is 5.56 Å². The fraction of sp³-hybridized carbons (Fsp3) is 0.156. The molecule has 0 aliphatic carbocycles. The van der Waals surface area contributed by atoms with E-state index in [1.54, 1.807) is 10.8 Å². The van der Waals surface area contributed by atoms with Crippen LogP contribution in [0.3, 0.4) is 0 Å². The average Bonchev–Trinajstić information content (AvgIpc) is 3.49. The molecule has 36 heavy (non-hydrogen) atoms. The largest absolute Gasteiger partial charge is 0.441 e. The van der Waals surface area contributed by atoms with Crippen LogP contribution in [0.1, 0.15) is 34.6 Å². The Kier molecular flexibility index (Phi) is 4.47. The third-order valence-corrected chi connectivity index (χ3v) is 6.89. The number of para-hydroxylation sites is 2. The fourth-order valence-corrected chi connectivity index (χ4v) is 5.63. The van der Waals surface area contributed by atoms with Crippen molar-refractivity contribution in [2.75, 3.05) is 0 Å². The Labute approximate surface area is 226 Å². The summed E-state index contributed by atoms with van der Waals surface area (Å²) in [6, 6.07) is 22.7. The van der Waals surface area contributed by atoms with Gasteiger partial charge in [-0.3, -0.25) is 4.40 Å². The van der Waals surface area contributed by atoms with Crippen molar-refractivity contribution in [2.45, 2.75) is 27.1 Å². The molecule has 0 saturated heterocycles. The van der Waals surface area contributed by atoms with Gasteiger partial charge in [0, 0.05) is 51.4 Å². The van der Waals surface area contributed by atoms with E-state index >= 15 is 0 Å². The number of rotatable bonds is 2. The molecule has 7 aromatic rings. The monoisotopic (exact) mass is 650 g/mol. The minimum absolute atomic E-state index is 0. The van der Waals surface area contributed by atoms with Gasteiger partial charge in [-0.2, -0.15) is 18.6 Å². The van der Waals surface area contributed by atoms with Crippen LogP contribution < -0.4 is 4.57 Å². The van der Waals surface area contributed by atoms with E-state index in [0.717, 1.165) is 55.3 Å². The maximum atomic E-state index is 8.72. The first-order valence-corrected chi connectivity index (χ1v) is 11.9. The van der Waals surface area contributed by atoms with Crippen LogP contribution in [0.4, 0.5) is 0 Å². The summed E-state index contributed by atoms with van der Waals surface area (Å²) >= 11 is 0. The first-order valence-electron chi connectivity index (χ1n) is 12.9. The van der Waals surface area contributed by atoms with Gasteiger partial charge in [0.05, 0.1) is 22.9 Å². The molecule has 4 aromatic heterocycles. The van der Waals surface area contributed by atoms with Crippen molar-refractivity contribution in [1.29, 1.82) is 0 Å². The van der Waals surface area contributed by atoms with Gasteiger partial charge in [-0.05, 0) is 28.8 Å². The summed E-state index contributed by atoms with van der Waals surface area (Å²) in [6.07, 6.45) is 0.290. The van der Waals surface area contributed by atoms with E-state index in [1.807, 2.05) is 45.0 Å². The zero-order valence-electron chi connectivity index (χ0n) is 22.5. The summed E-state index contributed by atoms with van der Waals surface area (Å²) in [5.74, 6) is 0. The molecule has 4 heterocycles. The van der Waals surface area contributed by atoms with Crippen LogP contribution in [0.25, 0.3) is 60.5 Å². The molecule has 0 N–H and O–H groups in total. The summed E-state index contributed by atoms with van der Waals surface area (Å²) < 4.78 is 28.0. The molecular weight excluding hydrogens is 621 g/mol. The number of hydrogen-bond acceptors (Lipinski definition) is 1. The second kappa shape index (κ2) is 7.77. The van der Waals surface area contributed by atoms with Crippen LogP contribution in [0.2, 0.25) is 0 Å². The van der Waals surface area contributed by atoms with Crippen LogP contribution in [0.5, 0.6) is 0 Å². The molecule has 0 fully saturated rings. The SMILES string of the molecule is [2H]C([2H])(c1ccc(-c2c([CH2-])ccc3oc4c(c5cccc6c7ccccc7n4c65)c23)[n+]([CH2-])c1)C(C)(C)C.[Ir]. The van der Waals surface area contributed by atoms with Gasteiger partial charge in [-0.25, -0.2) is 0 Å². The quantitative estimate of drug-likeness (QED) is 0.138. The molecule has 0 aliphatic heterocycles. The maximum absolute atomic E-state index is 8.72. The van der Waals surface area contributed by atoms with Crippen molar-refractivity contribution in [2.24, 2.45) is 5.41 Å². The van der Waals surface area contributed by atoms with Gasteiger partial charge in [0.1, 0.15) is 5.58 Å². The van der Waals surface area contributed by atoms with Gasteiger partial charge in [-0.1, -0.05) is 75.4 Å². The molecule has 0 aliphatic rings. The predicted octanol–water partition coefficient (Wildman–Crippen LogP) is 7.95. The molecule has 3 aromatic carbocycles. The Morgan fingerprint density at radius 2 is 1.67 bits per heavy atom. The van der Waals surface area contributed by atoms with E-state index in [9.17, 15) is 0 Å². The Morgan fingerprint density at radius 3 is 2.44 bits per heavy atom.